The van der Waals surface area contributed by atoms with Gasteiger partial charge in [-0.25, -0.2) is 4.98 Å². The van der Waals surface area contributed by atoms with Gasteiger partial charge in [-0.3, -0.25) is 9.78 Å². The van der Waals surface area contributed by atoms with Crippen molar-refractivity contribution >= 4 is 21.8 Å². The molecule has 1 amide bonds. The number of hydrogen-bond donors (Lipinski definition) is 0. The molecule has 0 spiro atoms. The van der Waals surface area contributed by atoms with E-state index in [1.165, 1.54) is 0 Å². The summed E-state index contributed by atoms with van der Waals surface area (Å²) in [5, 5.41) is 0. The highest BCUT2D eigenvalue weighted by Crippen LogP contribution is 2.21. The van der Waals surface area contributed by atoms with Crippen LogP contribution in [0.25, 0.3) is 0 Å². The molecule has 2 rings (SSSR count). The number of nitrogens with zero attached hydrogens (tertiary/aromatic N) is 3. The predicted octanol–water partition coefficient (Wildman–Crippen LogP) is 2.18. The average molecular weight is 298 g/mol. The van der Waals surface area contributed by atoms with Crippen LogP contribution in [0.2, 0.25) is 0 Å². The van der Waals surface area contributed by atoms with Crippen LogP contribution in [0.4, 0.5) is 0 Å². The number of halogens is 1. The maximum atomic E-state index is 11.4. The fourth-order valence-electron chi connectivity index (χ4n) is 2.33. The van der Waals surface area contributed by atoms with Crippen LogP contribution in [0.15, 0.2) is 17.0 Å². The van der Waals surface area contributed by atoms with E-state index in [9.17, 15) is 4.79 Å². The molecule has 0 N–H and O–H groups in total. The van der Waals surface area contributed by atoms with Crippen LogP contribution in [-0.4, -0.2) is 33.4 Å². The number of carbonyl (C=O) groups is 1. The summed E-state index contributed by atoms with van der Waals surface area (Å²) in [6, 6.07) is 0.387. The smallest absolute Gasteiger partial charge is 0.219 e. The molecule has 2 heterocycles. The van der Waals surface area contributed by atoms with Gasteiger partial charge in [-0.05, 0) is 41.6 Å². The van der Waals surface area contributed by atoms with E-state index in [4.69, 9.17) is 0 Å². The zero-order valence-corrected chi connectivity index (χ0v) is 11.5. The van der Waals surface area contributed by atoms with E-state index in [0.717, 1.165) is 42.5 Å². The minimum absolute atomic E-state index is 0.189. The van der Waals surface area contributed by atoms with Crippen LogP contribution in [0.3, 0.4) is 0 Å². The molecule has 1 atom stereocenters. The lowest BCUT2D eigenvalue weighted by Gasteiger charge is -2.22. The van der Waals surface area contributed by atoms with Crippen molar-refractivity contribution in [2.75, 3.05) is 6.54 Å². The molecule has 1 fully saturated rings. The van der Waals surface area contributed by atoms with Crippen molar-refractivity contribution in [3.63, 3.8) is 0 Å². The lowest BCUT2D eigenvalue weighted by Crippen LogP contribution is -2.33. The van der Waals surface area contributed by atoms with E-state index >= 15 is 0 Å². The Balaban J connectivity index is 1.89. The highest BCUT2D eigenvalue weighted by Gasteiger charge is 2.25. The van der Waals surface area contributed by atoms with Crippen molar-refractivity contribution in [2.24, 2.45) is 0 Å². The molecular formula is C12H16BrN3O. The molecule has 1 aliphatic heterocycles. The number of aromatic nitrogens is 2. The first-order valence-corrected chi connectivity index (χ1v) is 6.70. The van der Waals surface area contributed by atoms with Crippen LogP contribution in [0, 0.1) is 0 Å². The largest absolute Gasteiger partial charge is 0.340 e. The standard InChI is InChI=1S/C12H16BrN3O/c1-9(17)16-6-2-3-11(16)5-4-10-7-15-12(13)8-14-10/h7-8,11H,2-6H2,1H3/t11-/m1/s1. The third-order valence-electron chi connectivity index (χ3n) is 3.19. The molecule has 17 heavy (non-hydrogen) atoms. The second kappa shape index (κ2) is 5.58. The second-order valence-electron chi connectivity index (χ2n) is 4.38. The van der Waals surface area contributed by atoms with E-state index in [-0.39, 0.29) is 5.91 Å². The van der Waals surface area contributed by atoms with Crippen LogP contribution in [-0.2, 0) is 11.2 Å². The van der Waals surface area contributed by atoms with Gasteiger partial charge in [0.25, 0.3) is 0 Å². The Labute approximate surface area is 110 Å². The molecule has 92 valence electrons. The van der Waals surface area contributed by atoms with Gasteiger partial charge in [0, 0.05) is 25.7 Å². The number of rotatable bonds is 3. The number of carbonyl (C=O) groups excluding carboxylic acids is 1. The molecule has 1 aromatic heterocycles. The number of aryl methyl sites for hydroxylation is 1. The summed E-state index contributed by atoms with van der Waals surface area (Å²) < 4.78 is 0.757. The first-order chi connectivity index (χ1) is 8.16. The topological polar surface area (TPSA) is 46.1 Å². The van der Waals surface area contributed by atoms with Crippen LogP contribution >= 0.6 is 15.9 Å². The summed E-state index contributed by atoms with van der Waals surface area (Å²) in [6.45, 7) is 2.56. The normalized spacial score (nSPS) is 19.6. The second-order valence-corrected chi connectivity index (χ2v) is 5.19. The van der Waals surface area contributed by atoms with Gasteiger partial charge < -0.3 is 4.90 Å². The molecule has 0 saturated carbocycles. The van der Waals surface area contributed by atoms with Gasteiger partial charge in [-0.1, -0.05) is 0 Å². The first-order valence-electron chi connectivity index (χ1n) is 5.90. The van der Waals surface area contributed by atoms with Gasteiger partial charge in [0.15, 0.2) is 0 Å². The third-order valence-corrected chi connectivity index (χ3v) is 3.60. The predicted molar refractivity (Wildman–Crippen MR) is 68.5 cm³/mol. The first kappa shape index (κ1) is 12.5. The summed E-state index contributed by atoms with van der Waals surface area (Å²) >= 11 is 3.26. The van der Waals surface area contributed by atoms with Crippen molar-refractivity contribution in [1.82, 2.24) is 14.9 Å². The monoisotopic (exact) mass is 297 g/mol. The zero-order chi connectivity index (χ0) is 12.3. The maximum absolute atomic E-state index is 11.4. The number of likely N-dealkylation sites (tertiary alicyclic amines) is 1. The van der Waals surface area contributed by atoms with Gasteiger partial charge in [-0.2, -0.15) is 0 Å². The van der Waals surface area contributed by atoms with Crippen molar-refractivity contribution in [3.8, 4) is 0 Å². The summed E-state index contributed by atoms with van der Waals surface area (Å²) in [6.07, 6.45) is 7.61. The fourth-order valence-corrected chi connectivity index (χ4v) is 2.54. The molecule has 0 radical (unpaired) electrons. The average Bonchev–Trinajstić information content (AvgIpc) is 2.76. The van der Waals surface area contributed by atoms with Crippen molar-refractivity contribution in [3.05, 3.63) is 22.7 Å². The Hall–Kier alpha value is -0.970. The van der Waals surface area contributed by atoms with E-state index in [1.54, 1.807) is 19.3 Å². The Morgan fingerprint density at radius 2 is 2.35 bits per heavy atom. The minimum atomic E-state index is 0.189. The molecular weight excluding hydrogens is 282 g/mol. The minimum Gasteiger partial charge on any atom is -0.340 e. The van der Waals surface area contributed by atoms with Gasteiger partial charge in [0.2, 0.25) is 5.91 Å². The van der Waals surface area contributed by atoms with E-state index in [2.05, 4.69) is 25.9 Å². The Bertz CT molecular complexity index is 393. The van der Waals surface area contributed by atoms with Crippen LogP contribution in [0.1, 0.15) is 31.9 Å². The third kappa shape index (κ3) is 3.25. The summed E-state index contributed by atoms with van der Waals surface area (Å²) in [7, 11) is 0. The molecule has 0 aliphatic carbocycles. The molecule has 4 nitrogen and oxygen atoms in total. The number of hydrogen-bond acceptors (Lipinski definition) is 3. The van der Waals surface area contributed by atoms with Gasteiger partial charge in [0.1, 0.15) is 4.60 Å². The molecule has 0 bridgehead atoms. The highest BCUT2D eigenvalue weighted by atomic mass is 79.9. The summed E-state index contributed by atoms with van der Waals surface area (Å²) in [5.74, 6) is 0.189. The van der Waals surface area contributed by atoms with Gasteiger partial charge in [0.05, 0.1) is 11.9 Å². The summed E-state index contributed by atoms with van der Waals surface area (Å²) in [4.78, 5) is 21.8. The highest BCUT2D eigenvalue weighted by molar-refractivity contribution is 9.10. The Kier molecular flexibility index (Phi) is 4.10. The molecule has 1 aromatic rings. The zero-order valence-electron chi connectivity index (χ0n) is 9.90. The van der Waals surface area contributed by atoms with Crippen molar-refractivity contribution < 1.29 is 4.79 Å². The fraction of sp³-hybridized carbons (Fsp3) is 0.583. The van der Waals surface area contributed by atoms with Crippen molar-refractivity contribution in [2.45, 2.75) is 38.6 Å². The molecule has 1 saturated heterocycles. The lowest BCUT2D eigenvalue weighted by atomic mass is 10.1. The van der Waals surface area contributed by atoms with E-state index in [1.807, 2.05) is 4.90 Å². The van der Waals surface area contributed by atoms with E-state index in [0.29, 0.717) is 6.04 Å². The summed E-state index contributed by atoms with van der Waals surface area (Å²) in [5.41, 5.74) is 0.989. The molecule has 0 aromatic carbocycles. The Morgan fingerprint density at radius 3 is 3.00 bits per heavy atom. The van der Waals surface area contributed by atoms with Crippen LogP contribution < -0.4 is 0 Å². The van der Waals surface area contributed by atoms with Crippen molar-refractivity contribution in [1.29, 1.82) is 0 Å². The number of amides is 1. The maximum Gasteiger partial charge on any atom is 0.219 e. The lowest BCUT2D eigenvalue weighted by molar-refractivity contribution is -0.129. The molecule has 5 heteroatoms. The molecule has 0 unspecified atom stereocenters. The van der Waals surface area contributed by atoms with E-state index < -0.39 is 0 Å². The van der Waals surface area contributed by atoms with Gasteiger partial charge in [-0.15, -0.1) is 0 Å². The van der Waals surface area contributed by atoms with Crippen LogP contribution in [0.5, 0.6) is 0 Å². The SMILES string of the molecule is CC(=O)N1CCC[C@@H]1CCc1cnc(Br)cn1. The quantitative estimate of drug-likeness (QED) is 0.859. The molecule has 1 aliphatic rings. The van der Waals surface area contributed by atoms with Gasteiger partial charge >= 0.3 is 0 Å². The Morgan fingerprint density at radius 1 is 1.53 bits per heavy atom.